The number of amides is 1. The van der Waals surface area contributed by atoms with Gasteiger partial charge in [-0.1, -0.05) is 48.5 Å². The number of aliphatic hydroxyl groups is 1. The number of phenolic OH excluding ortho intramolecular Hbond substituents is 1. The Labute approximate surface area is 179 Å². The molecule has 1 saturated heterocycles. The highest BCUT2D eigenvalue weighted by Gasteiger charge is 2.48. The third kappa shape index (κ3) is 3.32. The topological polar surface area (TPSA) is 87.1 Å². The van der Waals surface area contributed by atoms with E-state index < -0.39 is 17.7 Å². The highest BCUT2D eigenvalue weighted by atomic mass is 16.5. The molecule has 0 bridgehead atoms. The number of carbonyl (C=O) groups excluding carboxylic acids is 2. The number of aliphatic hydroxyl groups excluding tert-OH is 1. The molecular weight excluding hydrogens is 394 g/mol. The van der Waals surface area contributed by atoms with Crippen molar-refractivity contribution >= 4 is 23.1 Å². The van der Waals surface area contributed by atoms with E-state index in [0.29, 0.717) is 16.9 Å². The number of carbonyl (C=O) groups is 2. The Hall–Kier alpha value is -4.06. The zero-order valence-electron chi connectivity index (χ0n) is 17.1. The van der Waals surface area contributed by atoms with Crippen LogP contribution in [0.25, 0.3) is 5.76 Å². The van der Waals surface area contributed by atoms with Crippen LogP contribution in [0, 0.1) is 6.92 Å². The Kier molecular flexibility index (Phi) is 5.21. The van der Waals surface area contributed by atoms with Crippen LogP contribution in [0.5, 0.6) is 11.5 Å². The number of anilines is 1. The number of hydrogen-bond acceptors (Lipinski definition) is 5. The van der Waals surface area contributed by atoms with E-state index in [2.05, 4.69) is 0 Å². The van der Waals surface area contributed by atoms with Crippen molar-refractivity contribution in [2.75, 3.05) is 12.0 Å². The first-order chi connectivity index (χ1) is 15.0. The fraction of sp³-hybridized carbons (Fsp3) is 0.120. The lowest BCUT2D eigenvalue weighted by Gasteiger charge is -2.27. The van der Waals surface area contributed by atoms with Crippen LogP contribution in [-0.2, 0) is 9.59 Å². The molecule has 1 atom stereocenters. The van der Waals surface area contributed by atoms with Crippen LogP contribution in [0.3, 0.4) is 0 Å². The second-order valence-corrected chi connectivity index (χ2v) is 7.21. The second-order valence-electron chi connectivity index (χ2n) is 7.21. The molecule has 1 aliphatic heterocycles. The summed E-state index contributed by atoms with van der Waals surface area (Å²) in [4.78, 5) is 27.6. The molecule has 0 spiro atoms. The molecule has 0 aromatic heterocycles. The van der Waals surface area contributed by atoms with Gasteiger partial charge in [-0.25, -0.2) is 0 Å². The maximum Gasteiger partial charge on any atom is 0.300 e. The van der Waals surface area contributed by atoms with Crippen LogP contribution in [0.4, 0.5) is 5.69 Å². The number of para-hydroxylation sites is 3. The van der Waals surface area contributed by atoms with Gasteiger partial charge in [0.15, 0.2) is 0 Å². The van der Waals surface area contributed by atoms with E-state index in [1.54, 1.807) is 54.6 Å². The number of ether oxygens (including phenoxy) is 1. The third-order valence-electron chi connectivity index (χ3n) is 5.43. The lowest BCUT2D eigenvalue weighted by Crippen LogP contribution is -2.29. The molecule has 0 aliphatic carbocycles. The maximum atomic E-state index is 13.2. The average Bonchev–Trinajstić information content (AvgIpc) is 3.04. The fourth-order valence-corrected chi connectivity index (χ4v) is 3.92. The Morgan fingerprint density at radius 2 is 1.58 bits per heavy atom. The number of ketones is 1. The molecule has 1 aliphatic rings. The van der Waals surface area contributed by atoms with Crippen LogP contribution in [0.15, 0.2) is 78.4 Å². The predicted octanol–water partition coefficient (Wildman–Crippen LogP) is 4.34. The smallest absolute Gasteiger partial charge is 0.300 e. The fourth-order valence-electron chi connectivity index (χ4n) is 3.92. The minimum Gasteiger partial charge on any atom is -0.507 e. The number of phenols is 1. The van der Waals surface area contributed by atoms with Crippen molar-refractivity contribution in [1.29, 1.82) is 0 Å². The van der Waals surface area contributed by atoms with Crippen molar-refractivity contribution in [3.05, 3.63) is 95.1 Å². The number of methoxy groups -OCH3 is 1. The molecule has 31 heavy (non-hydrogen) atoms. The van der Waals surface area contributed by atoms with E-state index in [-0.39, 0.29) is 22.8 Å². The van der Waals surface area contributed by atoms with Gasteiger partial charge in [-0.3, -0.25) is 14.5 Å². The molecular formula is C25H21NO5. The van der Waals surface area contributed by atoms with Gasteiger partial charge in [0.05, 0.1) is 30.0 Å². The monoisotopic (exact) mass is 415 g/mol. The van der Waals surface area contributed by atoms with Gasteiger partial charge in [0.2, 0.25) is 0 Å². The largest absolute Gasteiger partial charge is 0.507 e. The van der Waals surface area contributed by atoms with Gasteiger partial charge in [0.25, 0.3) is 11.7 Å². The van der Waals surface area contributed by atoms with Crippen molar-refractivity contribution in [1.82, 2.24) is 0 Å². The van der Waals surface area contributed by atoms with E-state index in [1.165, 1.54) is 18.1 Å². The third-order valence-corrected chi connectivity index (χ3v) is 5.43. The molecule has 1 fully saturated rings. The molecule has 3 aromatic carbocycles. The number of rotatable bonds is 4. The number of Topliss-reactive ketones (excluding diaryl/α,β-unsaturated/α-hetero) is 1. The summed E-state index contributed by atoms with van der Waals surface area (Å²) in [5, 5.41) is 21.6. The second kappa shape index (κ2) is 7.99. The van der Waals surface area contributed by atoms with Crippen molar-refractivity contribution in [3.8, 4) is 11.5 Å². The average molecular weight is 415 g/mol. The standard InChI is InChI=1S/C25H21NO5/c1-15-9-3-4-10-16(15)22-21(23(28)17-11-5-8-14-20(17)31-2)24(29)25(30)26(22)18-12-6-7-13-19(18)27/h3-14,22,27-28H,1-2H3/b23-21+. The highest BCUT2D eigenvalue weighted by Crippen LogP contribution is 2.45. The van der Waals surface area contributed by atoms with E-state index in [4.69, 9.17) is 4.74 Å². The molecule has 1 heterocycles. The summed E-state index contributed by atoms with van der Waals surface area (Å²) in [5.41, 5.74) is 1.94. The number of aromatic hydroxyl groups is 1. The zero-order valence-corrected chi connectivity index (χ0v) is 17.1. The van der Waals surface area contributed by atoms with Gasteiger partial charge < -0.3 is 14.9 Å². The molecule has 0 saturated carbocycles. The Morgan fingerprint density at radius 3 is 2.29 bits per heavy atom. The van der Waals surface area contributed by atoms with E-state index in [9.17, 15) is 19.8 Å². The van der Waals surface area contributed by atoms with Gasteiger partial charge in [-0.05, 0) is 42.3 Å². The lowest BCUT2D eigenvalue weighted by molar-refractivity contribution is -0.132. The lowest BCUT2D eigenvalue weighted by atomic mass is 9.92. The summed E-state index contributed by atoms with van der Waals surface area (Å²) in [5.74, 6) is -1.76. The van der Waals surface area contributed by atoms with Gasteiger partial charge in [0.1, 0.15) is 17.3 Å². The number of hydrogen-bond donors (Lipinski definition) is 2. The van der Waals surface area contributed by atoms with Crippen LogP contribution >= 0.6 is 0 Å². The molecule has 0 radical (unpaired) electrons. The molecule has 1 unspecified atom stereocenters. The van der Waals surface area contributed by atoms with Gasteiger partial charge in [-0.2, -0.15) is 0 Å². The number of aryl methyl sites for hydroxylation is 1. The minimum atomic E-state index is -0.917. The van der Waals surface area contributed by atoms with E-state index in [0.717, 1.165) is 5.56 Å². The molecule has 3 aromatic rings. The van der Waals surface area contributed by atoms with Crippen molar-refractivity contribution in [2.45, 2.75) is 13.0 Å². The molecule has 4 rings (SSSR count). The first-order valence-electron chi connectivity index (χ1n) is 9.73. The van der Waals surface area contributed by atoms with Crippen molar-refractivity contribution < 1.29 is 24.5 Å². The van der Waals surface area contributed by atoms with Crippen molar-refractivity contribution in [3.63, 3.8) is 0 Å². The molecule has 6 nitrogen and oxygen atoms in total. The van der Waals surface area contributed by atoms with Crippen LogP contribution in [0.2, 0.25) is 0 Å². The highest BCUT2D eigenvalue weighted by molar-refractivity contribution is 6.52. The number of nitrogens with zero attached hydrogens (tertiary/aromatic N) is 1. The SMILES string of the molecule is COc1ccccc1/C(O)=C1\C(=O)C(=O)N(c2ccccc2O)C1c1ccccc1C. The Morgan fingerprint density at radius 1 is 0.935 bits per heavy atom. The first kappa shape index (κ1) is 20.2. The molecule has 2 N–H and O–H groups in total. The van der Waals surface area contributed by atoms with Gasteiger partial charge >= 0.3 is 0 Å². The summed E-state index contributed by atoms with van der Waals surface area (Å²) in [6.07, 6.45) is 0. The predicted molar refractivity (Wildman–Crippen MR) is 117 cm³/mol. The Balaban J connectivity index is 2.02. The van der Waals surface area contributed by atoms with Crippen LogP contribution in [-0.4, -0.2) is 29.0 Å². The van der Waals surface area contributed by atoms with Gasteiger partial charge in [0, 0.05) is 0 Å². The Bertz CT molecular complexity index is 1210. The number of benzene rings is 3. The quantitative estimate of drug-likeness (QED) is 0.376. The van der Waals surface area contributed by atoms with Crippen molar-refractivity contribution in [2.24, 2.45) is 0 Å². The summed E-state index contributed by atoms with van der Waals surface area (Å²) in [6, 6.07) is 19.5. The van der Waals surface area contributed by atoms with Gasteiger partial charge in [-0.15, -0.1) is 0 Å². The first-order valence-corrected chi connectivity index (χ1v) is 9.73. The molecule has 1 amide bonds. The summed E-state index contributed by atoms with van der Waals surface area (Å²) in [6.45, 7) is 1.86. The van der Waals surface area contributed by atoms with Crippen LogP contribution < -0.4 is 9.64 Å². The zero-order chi connectivity index (χ0) is 22.1. The minimum absolute atomic E-state index is 0.0629. The maximum absolute atomic E-state index is 13.2. The molecule has 6 heteroatoms. The van der Waals surface area contributed by atoms with E-state index in [1.807, 2.05) is 19.1 Å². The normalized spacial score (nSPS) is 17.7. The van der Waals surface area contributed by atoms with E-state index >= 15 is 0 Å². The van der Waals surface area contributed by atoms with Crippen LogP contribution in [0.1, 0.15) is 22.7 Å². The summed E-state index contributed by atoms with van der Waals surface area (Å²) >= 11 is 0. The summed E-state index contributed by atoms with van der Waals surface area (Å²) < 4.78 is 5.34. The summed E-state index contributed by atoms with van der Waals surface area (Å²) in [7, 11) is 1.46. The molecule has 156 valence electrons.